The van der Waals surface area contributed by atoms with Gasteiger partial charge in [0.2, 0.25) is 0 Å². The van der Waals surface area contributed by atoms with Crippen LogP contribution in [0.15, 0.2) is 67.4 Å². The van der Waals surface area contributed by atoms with Crippen molar-refractivity contribution in [2.45, 2.75) is 18.9 Å². The number of carbonyl (C=O) groups is 1. The summed E-state index contributed by atoms with van der Waals surface area (Å²) in [5, 5.41) is 9.97. The topological polar surface area (TPSA) is 75.7 Å². The molecule has 1 amide bonds. The maximum atomic E-state index is 13.2. The van der Waals surface area contributed by atoms with E-state index < -0.39 is 6.10 Å². The zero-order chi connectivity index (χ0) is 19.8. The standard InChI is InChI=1S/C22H21N5O2/c28-16-6-5-10-25(13-16)22(29)17-12-20(27-11-4-2-7-19(17)27)18-14-26(15-24-18)21-8-1-3-9-23-21/h1-4,7-9,11-12,14-16,28H,5-6,10,13H2. The minimum atomic E-state index is -0.449. The first-order chi connectivity index (χ1) is 14.2. The second kappa shape index (κ2) is 7.18. The molecule has 7 nitrogen and oxygen atoms in total. The highest BCUT2D eigenvalue weighted by Crippen LogP contribution is 2.27. The molecule has 0 radical (unpaired) electrons. The number of aromatic nitrogens is 4. The van der Waals surface area contributed by atoms with Crippen molar-refractivity contribution in [1.82, 2.24) is 23.8 Å². The number of β-amino-alcohol motifs (C(OH)–C–C–N with tert-alkyl or cyclic N) is 1. The maximum Gasteiger partial charge on any atom is 0.256 e. The van der Waals surface area contributed by atoms with Gasteiger partial charge in [-0.3, -0.25) is 9.36 Å². The summed E-state index contributed by atoms with van der Waals surface area (Å²) in [7, 11) is 0. The molecule has 7 heteroatoms. The zero-order valence-corrected chi connectivity index (χ0v) is 15.8. The van der Waals surface area contributed by atoms with Gasteiger partial charge in [0.05, 0.1) is 22.9 Å². The van der Waals surface area contributed by atoms with Gasteiger partial charge in [0, 0.05) is 31.7 Å². The number of rotatable bonds is 3. The highest BCUT2D eigenvalue weighted by molar-refractivity contribution is 6.02. The molecule has 0 saturated carbocycles. The van der Waals surface area contributed by atoms with Crippen LogP contribution in [0.1, 0.15) is 23.2 Å². The van der Waals surface area contributed by atoms with Crippen molar-refractivity contribution in [2.24, 2.45) is 0 Å². The fourth-order valence-electron chi connectivity index (χ4n) is 3.92. The molecule has 0 spiro atoms. The molecule has 5 heterocycles. The molecule has 4 aromatic rings. The van der Waals surface area contributed by atoms with Crippen LogP contribution < -0.4 is 0 Å². The average Bonchev–Trinajstić information content (AvgIpc) is 3.39. The zero-order valence-electron chi connectivity index (χ0n) is 15.8. The maximum absolute atomic E-state index is 13.2. The number of fused-ring (bicyclic) bond motifs is 1. The number of aliphatic hydroxyl groups excluding tert-OH is 1. The predicted octanol–water partition coefficient (Wildman–Crippen LogP) is 2.78. The largest absolute Gasteiger partial charge is 0.391 e. The highest BCUT2D eigenvalue weighted by atomic mass is 16.3. The Labute approximate surface area is 167 Å². The molecule has 0 aliphatic carbocycles. The summed E-state index contributed by atoms with van der Waals surface area (Å²) in [5.41, 5.74) is 3.06. The Morgan fingerprint density at radius 2 is 2.03 bits per heavy atom. The summed E-state index contributed by atoms with van der Waals surface area (Å²) in [4.78, 5) is 23.8. The van der Waals surface area contributed by atoms with E-state index in [1.807, 2.05) is 63.8 Å². The number of likely N-dealkylation sites (tertiary alicyclic amines) is 1. The van der Waals surface area contributed by atoms with Gasteiger partial charge in [0.1, 0.15) is 17.8 Å². The fourth-order valence-corrected chi connectivity index (χ4v) is 3.92. The third kappa shape index (κ3) is 3.19. The van der Waals surface area contributed by atoms with Gasteiger partial charge in [0.25, 0.3) is 5.91 Å². The van der Waals surface area contributed by atoms with Crippen LogP contribution in [0.2, 0.25) is 0 Å². The lowest BCUT2D eigenvalue weighted by Crippen LogP contribution is -2.42. The van der Waals surface area contributed by atoms with Crippen LogP contribution >= 0.6 is 0 Å². The summed E-state index contributed by atoms with van der Waals surface area (Å²) < 4.78 is 3.85. The summed E-state index contributed by atoms with van der Waals surface area (Å²) in [6.45, 7) is 1.05. The van der Waals surface area contributed by atoms with Gasteiger partial charge in [-0.2, -0.15) is 0 Å². The van der Waals surface area contributed by atoms with E-state index in [1.165, 1.54) is 0 Å². The molecule has 1 N–H and O–H groups in total. The van der Waals surface area contributed by atoms with Crippen molar-refractivity contribution in [1.29, 1.82) is 0 Å². The molecule has 0 bridgehead atoms. The van der Waals surface area contributed by atoms with Gasteiger partial charge in [-0.15, -0.1) is 0 Å². The van der Waals surface area contributed by atoms with E-state index in [2.05, 4.69) is 9.97 Å². The Kier molecular flexibility index (Phi) is 4.37. The Morgan fingerprint density at radius 1 is 1.14 bits per heavy atom. The molecular weight excluding hydrogens is 366 g/mol. The lowest BCUT2D eigenvalue weighted by atomic mass is 10.1. The lowest BCUT2D eigenvalue weighted by molar-refractivity contribution is 0.0475. The Morgan fingerprint density at radius 3 is 2.86 bits per heavy atom. The van der Waals surface area contributed by atoms with Crippen LogP contribution in [0.3, 0.4) is 0 Å². The monoisotopic (exact) mass is 387 g/mol. The van der Waals surface area contributed by atoms with Crippen LogP contribution in [0.4, 0.5) is 0 Å². The number of nitrogens with zero attached hydrogens (tertiary/aromatic N) is 5. The minimum Gasteiger partial charge on any atom is -0.391 e. The molecule has 1 fully saturated rings. The van der Waals surface area contributed by atoms with Crippen LogP contribution in [0.25, 0.3) is 22.7 Å². The highest BCUT2D eigenvalue weighted by Gasteiger charge is 2.26. The van der Waals surface area contributed by atoms with E-state index in [1.54, 1.807) is 17.4 Å². The lowest BCUT2D eigenvalue weighted by Gasteiger charge is -2.30. The number of pyridine rings is 2. The van der Waals surface area contributed by atoms with Crippen molar-refractivity contribution in [2.75, 3.05) is 13.1 Å². The molecule has 146 valence electrons. The summed E-state index contributed by atoms with van der Waals surface area (Å²) >= 11 is 0. The van der Waals surface area contributed by atoms with Crippen molar-refractivity contribution in [3.8, 4) is 17.2 Å². The predicted molar refractivity (Wildman–Crippen MR) is 109 cm³/mol. The van der Waals surface area contributed by atoms with E-state index in [9.17, 15) is 9.90 Å². The average molecular weight is 387 g/mol. The van der Waals surface area contributed by atoms with Crippen molar-refractivity contribution in [3.63, 3.8) is 0 Å². The molecule has 1 unspecified atom stereocenters. The third-order valence-corrected chi connectivity index (χ3v) is 5.35. The molecule has 1 saturated heterocycles. The van der Waals surface area contributed by atoms with Crippen molar-refractivity contribution in [3.05, 3.63) is 72.9 Å². The van der Waals surface area contributed by atoms with E-state index in [0.29, 0.717) is 18.7 Å². The Hall–Kier alpha value is -3.45. The fraction of sp³-hybridized carbons (Fsp3) is 0.227. The van der Waals surface area contributed by atoms with Gasteiger partial charge in [0.15, 0.2) is 0 Å². The third-order valence-electron chi connectivity index (χ3n) is 5.35. The number of amides is 1. The number of hydrogen-bond donors (Lipinski definition) is 1. The van der Waals surface area contributed by atoms with Crippen LogP contribution in [0, 0.1) is 0 Å². The number of carbonyl (C=O) groups excluding carboxylic acids is 1. The van der Waals surface area contributed by atoms with E-state index >= 15 is 0 Å². The number of imidazole rings is 1. The summed E-state index contributed by atoms with van der Waals surface area (Å²) in [5.74, 6) is 0.730. The van der Waals surface area contributed by atoms with E-state index in [-0.39, 0.29) is 5.91 Å². The first kappa shape index (κ1) is 17.6. The quantitative estimate of drug-likeness (QED) is 0.587. The Balaban J connectivity index is 1.56. The smallest absolute Gasteiger partial charge is 0.256 e. The molecular formula is C22H21N5O2. The number of aliphatic hydroxyl groups is 1. The molecule has 1 atom stereocenters. The van der Waals surface area contributed by atoms with E-state index in [0.717, 1.165) is 35.6 Å². The van der Waals surface area contributed by atoms with Crippen LogP contribution in [0.5, 0.6) is 0 Å². The number of piperidine rings is 1. The Bertz CT molecular complexity index is 1160. The minimum absolute atomic E-state index is 0.0529. The SMILES string of the molecule is O=C(c1cc(-c2cn(-c3ccccn3)cn2)n2ccccc12)N1CCCC(O)C1. The molecule has 4 aromatic heterocycles. The number of hydrogen-bond acceptors (Lipinski definition) is 4. The van der Waals surface area contributed by atoms with Gasteiger partial charge in [-0.1, -0.05) is 12.1 Å². The first-order valence-corrected chi connectivity index (χ1v) is 9.74. The van der Waals surface area contributed by atoms with Gasteiger partial charge in [-0.05, 0) is 43.2 Å². The molecule has 0 aromatic carbocycles. The van der Waals surface area contributed by atoms with Gasteiger partial charge < -0.3 is 14.4 Å². The van der Waals surface area contributed by atoms with Crippen molar-refractivity contribution < 1.29 is 9.90 Å². The second-order valence-electron chi connectivity index (χ2n) is 7.30. The molecule has 5 rings (SSSR count). The van der Waals surface area contributed by atoms with Crippen LogP contribution in [-0.4, -0.2) is 54.0 Å². The van der Waals surface area contributed by atoms with Gasteiger partial charge >= 0.3 is 0 Å². The molecule has 1 aliphatic rings. The summed E-state index contributed by atoms with van der Waals surface area (Å²) in [6.07, 6.45) is 8.43. The van der Waals surface area contributed by atoms with Crippen LogP contribution in [-0.2, 0) is 0 Å². The normalized spacial score (nSPS) is 17.0. The second-order valence-corrected chi connectivity index (χ2v) is 7.30. The van der Waals surface area contributed by atoms with E-state index in [4.69, 9.17) is 0 Å². The first-order valence-electron chi connectivity index (χ1n) is 9.74. The van der Waals surface area contributed by atoms with Gasteiger partial charge in [-0.25, -0.2) is 9.97 Å². The summed E-state index contributed by atoms with van der Waals surface area (Å²) in [6, 6.07) is 13.4. The molecule has 1 aliphatic heterocycles. The molecule has 29 heavy (non-hydrogen) atoms. The van der Waals surface area contributed by atoms with Crippen molar-refractivity contribution >= 4 is 11.4 Å².